The minimum atomic E-state index is -0.497. The van der Waals surface area contributed by atoms with E-state index in [0.717, 1.165) is 11.1 Å². The van der Waals surface area contributed by atoms with Crippen LogP contribution in [0.2, 0.25) is 0 Å². The fourth-order valence-corrected chi connectivity index (χ4v) is 5.02. The van der Waals surface area contributed by atoms with Gasteiger partial charge in [-0.2, -0.15) is 0 Å². The Labute approximate surface area is 192 Å². The fourth-order valence-electron chi connectivity index (χ4n) is 5.02. The zero-order valence-corrected chi connectivity index (χ0v) is 18.1. The fraction of sp³-hybridized carbons (Fsp3) is 0.179. The Morgan fingerprint density at radius 3 is 1.58 bits per heavy atom. The predicted molar refractivity (Wildman–Crippen MR) is 125 cm³/mol. The number of benzene rings is 3. The average Bonchev–Trinajstić information content (AvgIpc) is 3.10. The first-order chi connectivity index (χ1) is 16.0. The lowest BCUT2D eigenvalue weighted by Gasteiger charge is -2.32. The van der Waals surface area contributed by atoms with Crippen LogP contribution in [0.3, 0.4) is 0 Å². The second kappa shape index (κ2) is 8.51. The van der Waals surface area contributed by atoms with Crippen LogP contribution in [0.4, 0.5) is 5.69 Å². The Morgan fingerprint density at radius 2 is 1.15 bits per heavy atom. The van der Waals surface area contributed by atoms with Gasteiger partial charge in [-0.1, -0.05) is 72.8 Å². The highest BCUT2D eigenvalue weighted by Crippen LogP contribution is 2.50. The van der Waals surface area contributed by atoms with Crippen LogP contribution in [0.25, 0.3) is 0 Å². The number of allylic oxidation sites excluding steroid dienone is 2. The molecule has 1 fully saturated rings. The number of hydrogen-bond donors (Lipinski definition) is 0. The van der Waals surface area contributed by atoms with Crippen molar-refractivity contribution in [2.45, 2.75) is 18.8 Å². The third-order valence-corrected chi connectivity index (χ3v) is 6.42. The van der Waals surface area contributed by atoms with Crippen molar-refractivity contribution in [2.75, 3.05) is 4.90 Å². The SMILES string of the molecule is CC(=O)Oc1ccc(N2C(=O)[C@@H]3[C@H](C2=O)[C@H](c2ccccc2)C=C[C@@H]3c2ccccc2)cc1. The van der Waals surface area contributed by atoms with E-state index in [-0.39, 0.29) is 23.7 Å². The maximum absolute atomic E-state index is 13.8. The lowest BCUT2D eigenvalue weighted by atomic mass is 9.68. The van der Waals surface area contributed by atoms with E-state index in [1.54, 1.807) is 24.3 Å². The predicted octanol–water partition coefficient (Wildman–Crippen LogP) is 4.85. The van der Waals surface area contributed by atoms with Gasteiger partial charge in [0.05, 0.1) is 17.5 Å². The highest BCUT2D eigenvalue weighted by Gasteiger charge is 2.55. The minimum absolute atomic E-state index is 0.182. The maximum atomic E-state index is 13.8. The molecule has 5 nitrogen and oxygen atoms in total. The second-order valence-electron chi connectivity index (χ2n) is 8.41. The lowest BCUT2D eigenvalue weighted by Crippen LogP contribution is -2.31. The highest BCUT2D eigenvalue weighted by molar-refractivity contribution is 6.23. The van der Waals surface area contributed by atoms with Gasteiger partial charge in [-0.15, -0.1) is 0 Å². The van der Waals surface area contributed by atoms with Gasteiger partial charge in [-0.3, -0.25) is 14.4 Å². The first kappa shape index (κ1) is 20.9. The quantitative estimate of drug-likeness (QED) is 0.253. The Balaban J connectivity index is 1.56. The van der Waals surface area contributed by atoms with Crippen LogP contribution in [0.1, 0.15) is 29.9 Å². The number of amides is 2. The van der Waals surface area contributed by atoms with Gasteiger partial charge in [-0.05, 0) is 35.4 Å². The number of ether oxygens (including phenoxy) is 1. The van der Waals surface area contributed by atoms with Crippen molar-refractivity contribution >= 4 is 23.5 Å². The van der Waals surface area contributed by atoms with E-state index in [4.69, 9.17) is 4.74 Å². The number of hydrogen-bond acceptors (Lipinski definition) is 4. The van der Waals surface area contributed by atoms with Gasteiger partial charge in [-0.25, -0.2) is 4.90 Å². The summed E-state index contributed by atoms with van der Waals surface area (Å²) in [4.78, 5) is 40.0. The van der Waals surface area contributed by atoms with E-state index in [2.05, 4.69) is 12.2 Å². The molecule has 0 N–H and O–H groups in total. The second-order valence-corrected chi connectivity index (χ2v) is 8.41. The van der Waals surface area contributed by atoms with Gasteiger partial charge in [0, 0.05) is 18.8 Å². The third-order valence-electron chi connectivity index (χ3n) is 6.42. The molecule has 0 bridgehead atoms. The summed E-state index contributed by atoms with van der Waals surface area (Å²) in [5, 5.41) is 0. The number of carbonyl (C=O) groups is 3. The number of nitrogens with zero attached hydrogens (tertiary/aromatic N) is 1. The summed E-state index contributed by atoms with van der Waals surface area (Å²) in [6.07, 6.45) is 4.15. The van der Waals surface area contributed by atoms with Gasteiger partial charge in [0.2, 0.25) is 11.8 Å². The number of rotatable bonds is 4. The van der Waals surface area contributed by atoms with Gasteiger partial charge in [0.25, 0.3) is 0 Å². The Morgan fingerprint density at radius 1 is 0.697 bits per heavy atom. The maximum Gasteiger partial charge on any atom is 0.308 e. The molecule has 4 atom stereocenters. The van der Waals surface area contributed by atoms with Crippen LogP contribution >= 0.6 is 0 Å². The average molecular weight is 437 g/mol. The summed E-state index contributed by atoms with van der Waals surface area (Å²) < 4.78 is 5.09. The molecule has 0 radical (unpaired) electrons. The molecule has 0 spiro atoms. The van der Waals surface area contributed by atoms with Crippen molar-refractivity contribution in [1.82, 2.24) is 0 Å². The van der Waals surface area contributed by atoms with Crippen LogP contribution in [-0.2, 0) is 14.4 Å². The van der Waals surface area contributed by atoms with Crippen molar-refractivity contribution in [1.29, 1.82) is 0 Å². The van der Waals surface area contributed by atoms with E-state index >= 15 is 0 Å². The number of anilines is 1. The van der Waals surface area contributed by atoms with Crippen LogP contribution in [-0.4, -0.2) is 17.8 Å². The van der Waals surface area contributed by atoms with Crippen molar-refractivity contribution in [2.24, 2.45) is 11.8 Å². The molecule has 33 heavy (non-hydrogen) atoms. The molecule has 0 aromatic heterocycles. The first-order valence-corrected chi connectivity index (χ1v) is 11.0. The molecule has 0 unspecified atom stereocenters. The molecule has 3 aromatic carbocycles. The zero-order chi connectivity index (χ0) is 22.9. The summed E-state index contributed by atoms with van der Waals surface area (Å²) in [6.45, 7) is 1.33. The van der Waals surface area contributed by atoms with E-state index < -0.39 is 17.8 Å². The topological polar surface area (TPSA) is 63.7 Å². The van der Waals surface area contributed by atoms with Crippen LogP contribution in [0.5, 0.6) is 5.75 Å². The van der Waals surface area contributed by atoms with E-state index in [1.165, 1.54) is 11.8 Å². The molecule has 1 heterocycles. The molecular weight excluding hydrogens is 414 g/mol. The molecule has 1 saturated heterocycles. The summed E-state index contributed by atoms with van der Waals surface area (Å²) in [6, 6.07) is 26.2. The summed E-state index contributed by atoms with van der Waals surface area (Å²) in [5.41, 5.74) is 2.51. The number of imide groups is 1. The smallest absolute Gasteiger partial charge is 0.308 e. The van der Waals surface area contributed by atoms with E-state index in [9.17, 15) is 14.4 Å². The Bertz CT molecular complexity index is 1150. The summed E-state index contributed by atoms with van der Waals surface area (Å²) in [7, 11) is 0. The van der Waals surface area contributed by atoms with Gasteiger partial charge < -0.3 is 4.74 Å². The lowest BCUT2D eigenvalue weighted by molar-refractivity contribution is -0.132. The molecule has 0 saturated carbocycles. The first-order valence-electron chi connectivity index (χ1n) is 11.0. The van der Waals surface area contributed by atoms with Gasteiger partial charge in [0.15, 0.2) is 0 Å². The largest absolute Gasteiger partial charge is 0.427 e. The normalized spacial score (nSPS) is 24.0. The van der Waals surface area contributed by atoms with Gasteiger partial charge >= 0.3 is 5.97 Å². The van der Waals surface area contributed by atoms with Crippen molar-refractivity contribution < 1.29 is 19.1 Å². The van der Waals surface area contributed by atoms with E-state index in [0.29, 0.717) is 11.4 Å². The van der Waals surface area contributed by atoms with Crippen LogP contribution < -0.4 is 9.64 Å². The molecule has 5 rings (SSSR count). The molecule has 5 heteroatoms. The van der Waals surface area contributed by atoms with Gasteiger partial charge in [0.1, 0.15) is 5.75 Å². The van der Waals surface area contributed by atoms with Crippen molar-refractivity contribution in [3.63, 3.8) is 0 Å². The van der Waals surface area contributed by atoms with Crippen molar-refractivity contribution in [3.05, 3.63) is 108 Å². The van der Waals surface area contributed by atoms with Crippen molar-refractivity contribution in [3.8, 4) is 5.75 Å². The Kier molecular flexibility index (Phi) is 5.38. The standard InChI is InChI=1S/C28H23NO4/c1-18(30)33-22-14-12-21(13-15-22)29-27(31)25-23(19-8-4-2-5-9-19)16-17-24(26(25)28(29)32)20-10-6-3-7-11-20/h2-17,23-26H,1H3/t23-,24+,25+,26-. The van der Waals surface area contributed by atoms with Crippen LogP contribution in [0.15, 0.2) is 97.1 Å². The number of fused-ring (bicyclic) bond motifs is 1. The highest BCUT2D eigenvalue weighted by atomic mass is 16.5. The molecule has 2 amide bonds. The number of carbonyl (C=O) groups excluding carboxylic acids is 3. The molecule has 164 valence electrons. The van der Waals surface area contributed by atoms with E-state index in [1.807, 2.05) is 60.7 Å². The number of esters is 1. The molecular formula is C28H23NO4. The Hall–Kier alpha value is -3.99. The van der Waals surface area contributed by atoms with Crippen LogP contribution in [0, 0.1) is 11.8 Å². The monoisotopic (exact) mass is 437 g/mol. The molecule has 1 aliphatic heterocycles. The molecule has 1 aliphatic carbocycles. The summed E-state index contributed by atoms with van der Waals surface area (Å²) >= 11 is 0. The zero-order valence-electron chi connectivity index (χ0n) is 18.1. The molecule has 3 aromatic rings. The third kappa shape index (κ3) is 3.76. The minimum Gasteiger partial charge on any atom is -0.427 e. The summed E-state index contributed by atoms with van der Waals surface area (Å²) in [5.74, 6) is -1.82. The molecule has 2 aliphatic rings.